The number of fused-ring (bicyclic) bond motifs is 1. The van der Waals surface area contributed by atoms with E-state index in [2.05, 4.69) is 32.7 Å². The van der Waals surface area contributed by atoms with Gasteiger partial charge >= 0.3 is 0 Å². The fraction of sp³-hybridized carbons (Fsp3) is 0.267. The van der Waals surface area contributed by atoms with Gasteiger partial charge in [-0.2, -0.15) is 10.2 Å². The second-order valence-electron chi connectivity index (χ2n) is 4.95. The highest BCUT2D eigenvalue weighted by molar-refractivity contribution is 5.92. The molecule has 0 aliphatic heterocycles. The maximum Gasteiger partial charge on any atom is 0.156 e. The molecule has 0 saturated heterocycles. The summed E-state index contributed by atoms with van der Waals surface area (Å²) in [6.45, 7) is 4.68. The summed E-state index contributed by atoms with van der Waals surface area (Å²) >= 11 is 0. The minimum absolute atomic E-state index is 0.696. The van der Waals surface area contributed by atoms with E-state index in [-0.39, 0.29) is 0 Å². The predicted octanol–water partition coefficient (Wildman–Crippen LogP) is 2.59. The first-order valence-corrected chi connectivity index (χ1v) is 6.60. The molecule has 3 aromatic rings. The molecule has 0 fully saturated rings. The molecule has 0 atom stereocenters. The Kier molecular flexibility index (Phi) is 3.10. The Balaban J connectivity index is 1.92. The second kappa shape index (κ2) is 4.92. The molecule has 5 nitrogen and oxygen atoms in total. The van der Waals surface area contributed by atoms with Gasteiger partial charge < -0.3 is 5.32 Å². The van der Waals surface area contributed by atoms with E-state index in [9.17, 15) is 0 Å². The molecule has 0 saturated carbocycles. The first-order chi connectivity index (χ1) is 9.65. The van der Waals surface area contributed by atoms with Crippen LogP contribution in [0.3, 0.4) is 0 Å². The van der Waals surface area contributed by atoms with Gasteiger partial charge in [0.2, 0.25) is 0 Å². The first kappa shape index (κ1) is 12.6. The van der Waals surface area contributed by atoms with Crippen molar-refractivity contribution in [2.75, 3.05) is 5.32 Å². The smallest absolute Gasteiger partial charge is 0.156 e. The largest absolute Gasteiger partial charge is 0.364 e. The van der Waals surface area contributed by atoms with E-state index in [1.54, 1.807) is 0 Å². The predicted molar refractivity (Wildman–Crippen MR) is 79.5 cm³/mol. The van der Waals surface area contributed by atoms with Crippen LogP contribution >= 0.6 is 0 Å². The molecule has 3 rings (SSSR count). The molecule has 0 aliphatic rings. The highest BCUT2D eigenvalue weighted by atomic mass is 15.3. The lowest BCUT2D eigenvalue weighted by atomic mass is 10.1. The van der Waals surface area contributed by atoms with Gasteiger partial charge in [0.15, 0.2) is 5.82 Å². The van der Waals surface area contributed by atoms with Gasteiger partial charge in [-0.25, -0.2) is 0 Å². The highest BCUT2D eigenvalue weighted by Crippen LogP contribution is 2.22. The van der Waals surface area contributed by atoms with Crippen LogP contribution in [0.2, 0.25) is 0 Å². The zero-order valence-corrected chi connectivity index (χ0v) is 11.9. The lowest BCUT2D eigenvalue weighted by Gasteiger charge is -2.08. The topological polar surface area (TPSA) is 55.6 Å². The lowest BCUT2D eigenvalue weighted by molar-refractivity contribution is 0.756. The van der Waals surface area contributed by atoms with Crippen molar-refractivity contribution in [2.24, 2.45) is 7.05 Å². The van der Waals surface area contributed by atoms with E-state index in [1.165, 1.54) is 5.56 Å². The molecular formula is C15H17N5. The van der Waals surface area contributed by atoms with Crippen molar-refractivity contribution in [3.8, 4) is 0 Å². The number of anilines is 1. The number of rotatable bonds is 3. The molecule has 0 spiro atoms. The van der Waals surface area contributed by atoms with Crippen LogP contribution in [-0.2, 0) is 13.6 Å². The van der Waals surface area contributed by atoms with Gasteiger partial charge in [-0.05, 0) is 13.8 Å². The van der Waals surface area contributed by atoms with Crippen LogP contribution in [0.5, 0.6) is 0 Å². The van der Waals surface area contributed by atoms with Gasteiger partial charge in [0, 0.05) is 36.1 Å². The normalized spacial score (nSPS) is 10.9. The molecule has 5 heteroatoms. The molecule has 2 aromatic heterocycles. The highest BCUT2D eigenvalue weighted by Gasteiger charge is 2.07. The van der Waals surface area contributed by atoms with Gasteiger partial charge in [-0.15, -0.1) is 5.10 Å². The number of aromatic nitrogens is 4. The van der Waals surface area contributed by atoms with Gasteiger partial charge in [0.1, 0.15) is 0 Å². The molecule has 0 radical (unpaired) electrons. The van der Waals surface area contributed by atoms with E-state index >= 15 is 0 Å². The monoisotopic (exact) mass is 267 g/mol. The molecule has 2 heterocycles. The summed E-state index contributed by atoms with van der Waals surface area (Å²) in [5, 5.41) is 18.4. The van der Waals surface area contributed by atoms with Crippen molar-refractivity contribution < 1.29 is 0 Å². The number of hydrogen-bond donors (Lipinski definition) is 1. The minimum atomic E-state index is 0.696. The lowest BCUT2D eigenvalue weighted by Crippen LogP contribution is -2.04. The second-order valence-corrected chi connectivity index (χ2v) is 4.95. The number of nitrogens with one attached hydrogen (secondary N) is 1. The van der Waals surface area contributed by atoms with Crippen LogP contribution in [0.1, 0.15) is 17.0 Å². The van der Waals surface area contributed by atoms with E-state index in [4.69, 9.17) is 0 Å². The SMILES string of the molecule is Cc1nn(C)cc1CNc1nnc(C)c2ccccc12. The minimum Gasteiger partial charge on any atom is -0.364 e. The van der Waals surface area contributed by atoms with Crippen LogP contribution in [0.4, 0.5) is 5.82 Å². The maximum absolute atomic E-state index is 4.34. The Hall–Kier alpha value is -2.43. The quantitative estimate of drug-likeness (QED) is 0.792. The molecule has 0 unspecified atom stereocenters. The average Bonchev–Trinajstić information content (AvgIpc) is 2.77. The molecule has 1 aromatic carbocycles. The van der Waals surface area contributed by atoms with Gasteiger partial charge in [0.05, 0.1) is 11.4 Å². The van der Waals surface area contributed by atoms with Crippen LogP contribution in [0, 0.1) is 13.8 Å². The Bertz CT molecular complexity index is 760. The third-order valence-corrected chi connectivity index (χ3v) is 3.43. The molecule has 0 amide bonds. The summed E-state index contributed by atoms with van der Waals surface area (Å²) in [4.78, 5) is 0. The molecule has 102 valence electrons. The van der Waals surface area contributed by atoms with Crippen molar-refractivity contribution in [1.29, 1.82) is 0 Å². The van der Waals surface area contributed by atoms with Gasteiger partial charge in [-0.3, -0.25) is 4.68 Å². The third-order valence-electron chi connectivity index (χ3n) is 3.43. The molecule has 20 heavy (non-hydrogen) atoms. The van der Waals surface area contributed by atoms with Crippen LogP contribution < -0.4 is 5.32 Å². The summed E-state index contributed by atoms with van der Waals surface area (Å²) in [5.41, 5.74) is 3.15. The van der Waals surface area contributed by atoms with Crippen molar-refractivity contribution in [3.05, 3.63) is 47.4 Å². The zero-order valence-electron chi connectivity index (χ0n) is 11.9. The summed E-state index contributed by atoms with van der Waals surface area (Å²) in [6, 6.07) is 8.17. The Morgan fingerprint density at radius 1 is 1.05 bits per heavy atom. The molecule has 0 aliphatic carbocycles. The molecule has 0 bridgehead atoms. The van der Waals surface area contributed by atoms with Gasteiger partial charge in [-0.1, -0.05) is 24.3 Å². The van der Waals surface area contributed by atoms with E-state index in [1.807, 2.05) is 43.9 Å². The van der Waals surface area contributed by atoms with E-state index in [0.717, 1.165) is 28.0 Å². The van der Waals surface area contributed by atoms with Crippen LogP contribution in [-0.4, -0.2) is 20.0 Å². The average molecular weight is 267 g/mol. The summed E-state index contributed by atoms with van der Waals surface area (Å²) < 4.78 is 1.82. The molecule has 1 N–H and O–H groups in total. The number of nitrogens with zero attached hydrogens (tertiary/aromatic N) is 4. The Morgan fingerprint density at radius 2 is 1.80 bits per heavy atom. The van der Waals surface area contributed by atoms with Crippen LogP contribution in [0.15, 0.2) is 30.5 Å². The molecular weight excluding hydrogens is 250 g/mol. The maximum atomic E-state index is 4.34. The van der Waals surface area contributed by atoms with Crippen molar-refractivity contribution >= 4 is 16.6 Å². The fourth-order valence-electron chi connectivity index (χ4n) is 2.37. The van der Waals surface area contributed by atoms with Gasteiger partial charge in [0.25, 0.3) is 0 Å². The summed E-state index contributed by atoms with van der Waals surface area (Å²) in [6.07, 6.45) is 2.02. The first-order valence-electron chi connectivity index (χ1n) is 6.60. The number of hydrogen-bond acceptors (Lipinski definition) is 4. The van der Waals surface area contributed by atoms with Crippen molar-refractivity contribution in [3.63, 3.8) is 0 Å². The summed E-state index contributed by atoms with van der Waals surface area (Å²) in [7, 11) is 1.93. The van der Waals surface area contributed by atoms with Crippen LogP contribution in [0.25, 0.3) is 10.8 Å². The summed E-state index contributed by atoms with van der Waals surface area (Å²) in [5.74, 6) is 0.814. The number of benzene rings is 1. The Morgan fingerprint density at radius 3 is 2.50 bits per heavy atom. The van der Waals surface area contributed by atoms with E-state index in [0.29, 0.717) is 6.54 Å². The van der Waals surface area contributed by atoms with E-state index < -0.39 is 0 Å². The zero-order chi connectivity index (χ0) is 14.1. The fourth-order valence-corrected chi connectivity index (χ4v) is 2.37. The number of aryl methyl sites for hydroxylation is 3. The standard InChI is InChI=1S/C15H17N5/c1-10-12(9-20(3)19-10)8-16-15-14-7-5-4-6-13(14)11(2)17-18-15/h4-7,9H,8H2,1-3H3,(H,16,18). The van der Waals surface area contributed by atoms with Crippen molar-refractivity contribution in [1.82, 2.24) is 20.0 Å². The van der Waals surface area contributed by atoms with Crippen molar-refractivity contribution in [2.45, 2.75) is 20.4 Å². The Labute approximate surface area is 117 Å². The third kappa shape index (κ3) is 2.22.